The lowest BCUT2D eigenvalue weighted by molar-refractivity contribution is -0.117. The van der Waals surface area contributed by atoms with E-state index in [1.807, 2.05) is 19.9 Å². The van der Waals surface area contributed by atoms with Gasteiger partial charge in [-0.15, -0.1) is 10.2 Å². The Morgan fingerprint density at radius 3 is 2.96 bits per heavy atom. The predicted molar refractivity (Wildman–Crippen MR) is 84.9 cm³/mol. The standard InChI is InChI=1S/C14H19N5O3S/c1-10(2)6-15-13(21)17-12(20)8-23-14-18-16-9-19(14)7-11-4-3-5-22-11/h3-5,9-10H,6-8H2,1-2H3,(H2,15,17,20,21). The number of nitrogens with one attached hydrogen (secondary N) is 2. The highest BCUT2D eigenvalue weighted by Crippen LogP contribution is 2.16. The van der Waals surface area contributed by atoms with Gasteiger partial charge in [-0.2, -0.15) is 0 Å². The third-order valence-electron chi connectivity index (χ3n) is 2.74. The molecule has 0 fully saturated rings. The van der Waals surface area contributed by atoms with Crippen molar-refractivity contribution in [1.29, 1.82) is 0 Å². The van der Waals surface area contributed by atoms with E-state index in [2.05, 4.69) is 20.8 Å². The van der Waals surface area contributed by atoms with Crippen LogP contribution in [0.1, 0.15) is 19.6 Å². The highest BCUT2D eigenvalue weighted by atomic mass is 32.2. The molecule has 0 radical (unpaired) electrons. The molecule has 0 aromatic carbocycles. The van der Waals surface area contributed by atoms with Crippen molar-refractivity contribution in [1.82, 2.24) is 25.4 Å². The quantitative estimate of drug-likeness (QED) is 0.742. The maximum atomic E-state index is 11.8. The lowest BCUT2D eigenvalue weighted by Gasteiger charge is -2.08. The molecule has 2 aromatic rings. The van der Waals surface area contributed by atoms with E-state index >= 15 is 0 Å². The molecule has 2 heterocycles. The first-order chi connectivity index (χ1) is 11.0. The van der Waals surface area contributed by atoms with Gasteiger partial charge >= 0.3 is 6.03 Å². The van der Waals surface area contributed by atoms with Crippen LogP contribution in [0.25, 0.3) is 0 Å². The van der Waals surface area contributed by atoms with Crippen molar-refractivity contribution in [3.05, 3.63) is 30.5 Å². The van der Waals surface area contributed by atoms with Crippen LogP contribution in [-0.4, -0.2) is 39.0 Å². The number of rotatable bonds is 7. The lowest BCUT2D eigenvalue weighted by Crippen LogP contribution is -2.41. The molecule has 0 bridgehead atoms. The maximum Gasteiger partial charge on any atom is 0.321 e. The van der Waals surface area contributed by atoms with Crippen LogP contribution in [0.3, 0.4) is 0 Å². The van der Waals surface area contributed by atoms with Crippen LogP contribution >= 0.6 is 11.8 Å². The molecule has 0 spiro atoms. The monoisotopic (exact) mass is 337 g/mol. The second-order valence-corrected chi connectivity index (χ2v) is 6.20. The summed E-state index contributed by atoms with van der Waals surface area (Å²) in [5.74, 6) is 0.782. The summed E-state index contributed by atoms with van der Waals surface area (Å²) in [5, 5.41) is 13.3. The van der Waals surface area contributed by atoms with Gasteiger partial charge in [-0.05, 0) is 18.1 Å². The zero-order valence-corrected chi connectivity index (χ0v) is 13.8. The Hall–Kier alpha value is -2.29. The Kier molecular flexibility index (Phi) is 6.21. The summed E-state index contributed by atoms with van der Waals surface area (Å²) in [4.78, 5) is 23.3. The van der Waals surface area contributed by atoms with E-state index in [0.29, 0.717) is 24.2 Å². The summed E-state index contributed by atoms with van der Waals surface area (Å²) in [6, 6.07) is 3.16. The molecule has 2 N–H and O–H groups in total. The molecule has 3 amide bonds. The Morgan fingerprint density at radius 2 is 2.26 bits per heavy atom. The van der Waals surface area contributed by atoms with E-state index in [9.17, 15) is 9.59 Å². The van der Waals surface area contributed by atoms with Crippen LogP contribution in [0.2, 0.25) is 0 Å². The first-order valence-electron chi connectivity index (χ1n) is 7.15. The van der Waals surface area contributed by atoms with E-state index < -0.39 is 6.03 Å². The topological polar surface area (TPSA) is 102 Å². The van der Waals surface area contributed by atoms with Gasteiger partial charge in [0.05, 0.1) is 18.6 Å². The highest BCUT2D eigenvalue weighted by Gasteiger charge is 2.12. The molecular formula is C14H19N5O3S. The van der Waals surface area contributed by atoms with Gasteiger partial charge in [0.1, 0.15) is 12.1 Å². The van der Waals surface area contributed by atoms with E-state index in [0.717, 1.165) is 5.76 Å². The second kappa shape index (κ2) is 8.37. The zero-order valence-electron chi connectivity index (χ0n) is 13.0. The van der Waals surface area contributed by atoms with E-state index in [4.69, 9.17) is 4.42 Å². The van der Waals surface area contributed by atoms with Gasteiger partial charge in [-0.3, -0.25) is 10.1 Å². The predicted octanol–water partition coefficient (Wildman–Crippen LogP) is 1.49. The molecule has 23 heavy (non-hydrogen) atoms. The first-order valence-corrected chi connectivity index (χ1v) is 8.14. The fraction of sp³-hybridized carbons (Fsp3) is 0.429. The summed E-state index contributed by atoms with van der Waals surface area (Å²) in [5.41, 5.74) is 0. The largest absolute Gasteiger partial charge is 0.467 e. The number of nitrogens with zero attached hydrogens (tertiary/aromatic N) is 3. The van der Waals surface area contributed by atoms with Gasteiger partial charge in [0, 0.05) is 6.54 Å². The number of furan rings is 1. The summed E-state index contributed by atoms with van der Waals surface area (Å²) in [6.45, 7) is 4.95. The fourth-order valence-electron chi connectivity index (χ4n) is 1.67. The van der Waals surface area contributed by atoms with Crippen LogP contribution in [0, 0.1) is 5.92 Å². The Bertz CT molecular complexity index is 639. The average Bonchev–Trinajstić information content (AvgIpc) is 3.15. The zero-order chi connectivity index (χ0) is 16.7. The van der Waals surface area contributed by atoms with Gasteiger partial charge < -0.3 is 14.3 Å². The number of hydrogen-bond donors (Lipinski definition) is 2. The highest BCUT2D eigenvalue weighted by molar-refractivity contribution is 7.99. The molecule has 2 aromatic heterocycles. The van der Waals surface area contributed by atoms with Crippen LogP contribution < -0.4 is 10.6 Å². The van der Waals surface area contributed by atoms with Gasteiger partial charge in [-0.1, -0.05) is 25.6 Å². The van der Waals surface area contributed by atoms with Crippen LogP contribution in [0.5, 0.6) is 0 Å². The summed E-state index contributed by atoms with van der Waals surface area (Å²) in [6.07, 6.45) is 3.16. The second-order valence-electron chi connectivity index (χ2n) is 5.26. The van der Waals surface area contributed by atoms with Crippen molar-refractivity contribution >= 4 is 23.7 Å². The van der Waals surface area contributed by atoms with Gasteiger partial charge in [-0.25, -0.2) is 4.79 Å². The van der Waals surface area contributed by atoms with Crippen LogP contribution in [0.15, 0.2) is 34.3 Å². The minimum Gasteiger partial charge on any atom is -0.467 e. The molecule has 0 aliphatic heterocycles. The summed E-state index contributed by atoms with van der Waals surface area (Å²) >= 11 is 1.21. The van der Waals surface area contributed by atoms with Crippen molar-refractivity contribution < 1.29 is 14.0 Å². The van der Waals surface area contributed by atoms with Crippen molar-refractivity contribution in [2.45, 2.75) is 25.5 Å². The molecule has 9 heteroatoms. The summed E-state index contributed by atoms with van der Waals surface area (Å²) in [7, 11) is 0. The van der Waals surface area contributed by atoms with E-state index in [1.54, 1.807) is 23.2 Å². The number of amides is 3. The van der Waals surface area contributed by atoms with E-state index in [1.165, 1.54) is 11.8 Å². The molecule has 0 aliphatic rings. The lowest BCUT2D eigenvalue weighted by atomic mass is 10.2. The SMILES string of the molecule is CC(C)CNC(=O)NC(=O)CSc1nncn1Cc1ccco1. The molecule has 124 valence electrons. The summed E-state index contributed by atoms with van der Waals surface area (Å²) < 4.78 is 7.04. The van der Waals surface area contributed by atoms with Crippen molar-refractivity contribution in [2.75, 3.05) is 12.3 Å². The molecule has 8 nitrogen and oxygen atoms in total. The third kappa shape index (κ3) is 5.78. The Labute approximate surface area is 138 Å². The number of carbonyl (C=O) groups excluding carboxylic acids is 2. The smallest absolute Gasteiger partial charge is 0.321 e. The number of hydrogen-bond acceptors (Lipinski definition) is 6. The molecule has 2 rings (SSSR count). The van der Waals surface area contributed by atoms with Crippen molar-refractivity contribution in [2.24, 2.45) is 5.92 Å². The van der Waals surface area contributed by atoms with Crippen molar-refractivity contribution in [3.63, 3.8) is 0 Å². The molecule has 0 saturated carbocycles. The number of imide groups is 1. The molecule has 0 atom stereocenters. The number of thioether (sulfide) groups is 1. The van der Waals surface area contributed by atoms with Crippen LogP contribution in [0.4, 0.5) is 4.79 Å². The van der Waals surface area contributed by atoms with Crippen molar-refractivity contribution in [3.8, 4) is 0 Å². The van der Waals surface area contributed by atoms with Crippen LogP contribution in [-0.2, 0) is 11.3 Å². The van der Waals surface area contributed by atoms with E-state index in [-0.39, 0.29) is 11.7 Å². The number of carbonyl (C=O) groups is 2. The van der Waals surface area contributed by atoms with Gasteiger partial charge in [0.2, 0.25) is 5.91 Å². The fourth-order valence-corrected chi connectivity index (χ4v) is 2.38. The molecule has 0 unspecified atom stereocenters. The maximum absolute atomic E-state index is 11.8. The average molecular weight is 337 g/mol. The molecule has 0 aliphatic carbocycles. The molecular weight excluding hydrogens is 318 g/mol. The Balaban J connectivity index is 1.78. The number of aromatic nitrogens is 3. The third-order valence-corrected chi connectivity index (χ3v) is 3.72. The van der Waals surface area contributed by atoms with Gasteiger partial charge in [0.25, 0.3) is 0 Å². The van der Waals surface area contributed by atoms with Gasteiger partial charge in [0.15, 0.2) is 5.16 Å². The normalized spacial score (nSPS) is 10.7. The minimum atomic E-state index is -0.485. The molecule has 0 saturated heterocycles. The number of urea groups is 1. The first kappa shape index (κ1) is 17.1. The minimum absolute atomic E-state index is 0.0753. The Morgan fingerprint density at radius 1 is 1.43 bits per heavy atom.